The summed E-state index contributed by atoms with van der Waals surface area (Å²) in [5.74, 6) is 0.701. The molecule has 0 spiro atoms. The van der Waals surface area contributed by atoms with E-state index in [0.29, 0.717) is 5.95 Å². The Bertz CT molecular complexity index is 620. The summed E-state index contributed by atoms with van der Waals surface area (Å²) in [5.41, 5.74) is 3.27. The fraction of sp³-hybridized carbons (Fsp3) is 0.353. The van der Waals surface area contributed by atoms with E-state index in [4.69, 9.17) is 0 Å². The lowest BCUT2D eigenvalue weighted by Gasteiger charge is -2.13. The summed E-state index contributed by atoms with van der Waals surface area (Å²) < 4.78 is 0. The number of aromatic nitrogens is 2. The zero-order chi connectivity index (χ0) is 16.1. The minimum Gasteiger partial charge on any atom is -0.354 e. The lowest BCUT2D eigenvalue weighted by molar-refractivity contribution is -0.119. The van der Waals surface area contributed by atoms with Crippen molar-refractivity contribution >= 4 is 11.9 Å². The molecule has 0 saturated heterocycles. The van der Waals surface area contributed by atoms with Gasteiger partial charge in [-0.15, -0.1) is 0 Å². The molecule has 5 nitrogen and oxygen atoms in total. The maximum absolute atomic E-state index is 11.0. The van der Waals surface area contributed by atoms with Crippen molar-refractivity contribution in [3.8, 4) is 11.1 Å². The first-order valence-corrected chi connectivity index (χ1v) is 7.31. The van der Waals surface area contributed by atoms with Crippen LogP contribution in [0.2, 0.25) is 0 Å². The number of rotatable bonds is 5. The lowest BCUT2D eigenvalue weighted by Crippen LogP contribution is -2.31. The monoisotopic (exact) mass is 298 g/mol. The van der Waals surface area contributed by atoms with Gasteiger partial charge in [-0.1, -0.05) is 24.3 Å². The van der Waals surface area contributed by atoms with Gasteiger partial charge in [0.1, 0.15) is 0 Å². The number of carbonyl (C=O) groups is 1. The van der Waals surface area contributed by atoms with Gasteiger partial charge in [0.15, 0.2) is 0 Å². The summed E-state index contributed by atoms with van der Waals surface area (Å²) in [7, 11) is 3.83. The predicted molar refractivity (Wildman–Crippen MR) is 88.8 cm³/mol. The molecule has 1 N–H and O–H groups in total. The standard InChI is InChI=1S/C17H22N4O/c1-12(20-13(2)22)9-14-5-7-15(8-6-14)16-10-18-17(19-11-16)21(3)4/h5-8,10-12H,9H2,1-4H3,(H,20,22). The highest BCUT2D eigenvalue weighted by Gasteiger charge is 2.06. The predicted octanol–water partition coefficient (Wildman–Crippen LogP) is 2.28. The lowest BCUT2D eigenvalue weighted by atomic mass is 10.0. The molecule has 1 heterocycles. The topological polar surface area (TPSA) is 58.1 Å². The van der Waals surface area contributed by atoms with Crippen molar-refractivity contribution in [2.24, 2.45) is 0 Å². The van der Waals surface area contributed by atoms with Crippen LogP contribution < -0.4 is 10.2 Å². The molecule has 0 aliphatic rings. The third kappa shape index (κ3) is 4.28. The van der Waals surface area contributed by atoms with Gasteiger partial charge in [-0.3, -0.25) is 4.79 Å². The van der Waals surface area contributed by atoms with Crippen LogP contribution in [0.3, 0.4) is 0 Å². The van der Waals surface area contributed by atoms with Crippen LogP contribution in [0.25, 0.3) is 11.1 Å². The average molecular weight is 298 g/mol. The van der Waals surface area contributed by atoms with E-state index >= 15 is 0 Å². The molecule has 1 unspecified atom stereocenters. The third-order valence-corrected chi connectivity index (χ3v) is 3.32. The molecule has 1 amide bonds. The molecule has 0 aliphatic heterocycles. The Labute approximate surface area is 131 Å². The van der Waals surface area contributed by atoms with Gasteiger partial charge in [-0.05, 0) is 24.5 Å². The minimum atomic E-state index is 0.00208. The molecule has 22 heavy (non-hydrogen) atoms. The fourth-order valence-corrected chi connectivity index (χ4v) is 2.29. The van der Waals surface area contributed by atoms with E-state index in [0.717, 1.165) is 17.5 Å². The highest BCUT2D eigenvalue weighted by molar-refractivity contribution is 5.73. The van der Waals surface area contributed by atoms with E-state index in [1.54, 1.807) is 0 Å². The minimum absolute atomic E-state index is 0.00208. The van der Waals surface area contributed by atoms with Crippen LogP contribution in [0.5, 0.6) is 0 Å². The van der Waals surface area contributed by atoms with Crippen LogP contribution in [0.1, 0.15) is 19.4 Å². The Morgan fingerprint density at radius 1 is 1.14 bits per heavy atom. The number of hydrogen-bond acceptors (Lipinski definition) is 4. The van der Waals surface area contributed by atoms with Gasteiger partial charge in [0, 0.05) is 45.0 Å². The van der Waals surface area contributed by atoms with Crippen LogP contribution in [-0.4, -0.2) is 36.0 Å². The van der Waals surface area contributed by atoms with E-state index in [-0.39, 0.29) is 11.9 Å². The van der Waals surface area contributed by atoms with Crippen molar-refractivity contribution in [1.82, 2.24) is 15.3 Å². The molecule has 0 bridgehead atoms. The van der Waals surface area contributed by atoms with Crippen molar-refractivity contribution < 1.29 is 4.79 Å². The fourth-order valence-electron chi connectivity index (χ4n) is 2.29. The average Bonchev–Trinajstić information content (AvgIpc) is 2.47. The Morgan fingerprint density at radius 3 is 2.23 bits per heavy atom. The molecular weight excluding hydrogens is 276 g/mol. The van der Waals surface area contributed by atoms with Crippen LogP contribution >= 0.6 is 0 Å². The summed E-state index contributed by atoms with van der Waals surface area (Å²) >= 11 is 0. The SMILES string of the molecule is CC(=O)NC(C)Cc1ccc(-c2cnc(N(C)C)nc2)cc1. The summed E-state index contributed by atoms with van der Waals surface area (Å²) in [6.45, 7) is 3.54. The summed E-state index contributed by atoms with van der Waals surface area (Å²) in [6.07, 6.45) is 4.48. The van der Waals surface area contributed by atoms with Crippen molar-refractivity contribution in [1.29, 1.82) is 0 Å². The Morgan fingerprint density at radius 2 is 1.73 bits per heavy atom. The van der Waals surface area contributed by atoms with E-state index in [1.807, 2.05) is 38.3 Å². The van der Waals surface area contributed by atoms with Gasteiger partial charge in [-0.2, -0.15) is 0 Å². The molecule has 0 radical (unpaired) electrons. The zero-order valence-corrected chi connectivity index (χ0v) is 13.5. The normalized spacial score (nSPS) is 11.8. The highest BCUT2D eigenvalue weighted by atomic mass is 16.1. The maximum Gasteiger partial charge on any atom is 0.224 e. The number of nitrogens with one attached hydrogen (secondary N) is 1. The second-order valence-electron chi connectivity index (χ2n) is 5.67. The van der Waals surface area contributed by atoms with Crippen molar-refractivity contribution in [3.05, 3.63) is 42.2 Å². The van der Waals surface area contributed by atoms with Gasteiger partial charge in [0.25, 0.3) is 0 Å². The second kappa shape index (κ2) is 7.02. The largest absolute Gasteiger partial charge is 0.354 e. The first-order valence-electron chi connectivity index (χ1n) is 7.31. The number of amides is 1. The number of benzene rings is 1. The van der Waals surface area contributed by atoms with E-state index in [2.05, 4.69) is 39.6 Å². The van der Waals surface area contributed by atoms with Crippen LogP contribution in [-0.2, 0) is 11.2 Å². The number of hydrogen-bond donors (Lipinski definition) is 1. The number of carbonyl (C=O) groups excluding carboxylic acids is 1. The van der Waals surface area contributed by atoms with E-state index < -0.39 is 0 Å². The highest BCUT2D eigenvalue weighted by Crippen LogP contribution is 2.19. The molecule has 1 atom stereocenters. The molecule has 0 saturated carbocycles. The van der Waals surface area contributed by atoms with Gasteiger partial charge in [0.2, 0.25) is 11.9 Å². The quantitative estimate of drug-likeness (QED) is 0.920. The van der Waals surface area contributed by atoms with Crippen molar-refractivity contribution in [2.45, 2.75) is 26.3 Å². The van der Waals surface area contributed by atoms with Gasteiger partial charge in [0.05, 0.1) is 0 Å². The Balaban J connectivity index is 2.06. The zero-order valence-electron chi connectivity index (χ0n) is 13.5. The first kappa shape index (κ1) is 15.9. The van der Waals surface area contributed by atoms with Crippen LogP contribution in [0.4, 0.5) is 5.95 Å². The molecule has 5 heteroatoms. The van der Waals surface area contributed by atoms with Crippen molar-refractivity contribution in [3.63, 3.8) is 0 Å². The molecule has 1 aromatic carbocycles. The number of nitrogens with zero attached hydrogens (tertiary/aromatic N) is 3. The molecule has 2 aromatic rings. The third-order valence-electron chi connectivity index (χ3n) is 3.32. The molecular formula is C17H22N4O. The molecule has 116 valence electrons. The van der Waals surface area contributed by atoms with Crippen LogP contribution in [0.15, 0.2) is 36.7 Å². The summed E-state index contributed by atoms with van der Waals surface area (Å²) in [6, 6.07) is 8.40. The van der Waals surface area contributed by atoms with E-state index in [1.165, 1.54) is 12.5 Å². The van der Waals surface area contributed by atoms with Gasteiger partial charge in [-0.25, -0.2) is 9.97 Å². The Kier molecular flexibility index (Phi) is 5.09. The van der Waals surface area contributed by atoms with Crippen molar-refractivity contribution in [2.75, 3.05) is 19.0 Å². The molecule has 0 fully saturated rings. The van der Waals surface area contributed by atoms with Gasteiger partial charge >= 0.3 is 0 Å². The van der Waals surface area contributed by atoms with Gasteiger partial charge < -0.3 is 10.2 Å². The summed E-state index contributed by atoms with van der Waals surface area (Å²) in [4.78, 5) is 21.6. The Hall–Kier alpha value is -2.43. The molecule has 0 aliphatic carbocycles. The molecule has 1 aromatic heterocycles. The van der Waals surface area contributed by atoms with E-state index in [9.17, 15) is 4.79 Å². The van der Waals surface area contributed by atoms with Crippen LogP contribution in [0, 0.1) is 0 Å². The molecule has 2 rings (SSSR count). The summed E-state index contributed by atoms with van der Waals surface area (Å²) in [5, 5.41) is 2.89. The maximum atomic E-state index is 11.0. The smallest absolute Gasteiger partial charge is 0.224 e. The second-order valence-corrected chi connectivity index (χ2v) is 5.67. The number of anilines is 1. The first-order chi connectivity index (χ1) is 10.5.